The van der Waals surface area contributed by atoms with Crippen LogP contribution in [0.25, 0.3) is 0 Å². The lowest BCUT2D eigenvalue weighted by Gasteiger charge is -2.36. The average Bonchev–Trinajstić information content (AvgIpc) is 2.50. The average molecular weight is 253 g/mol. The van der Waals surface area contributed by atoms with Gasteiger partial charge in [-0.15, -0.1) is 0 Å². The van der Waals surface area contributed by atoms with E-state index in [9.17, 15) is 0 Å². The van der Waals surface area contributed by atoms with Gasteiger partial charge in [0.15, 0.2) is 0 Å². The molecule has 0 amide bonds. The first-order valence-electron chi connectivity index (χ1n) is 6.83. The maximum Gasteiger partial charge on any atom is 0.0544 e. The van der Waals surface area contributed by atoms with E-state index in [1.54, 1.807) is 0 Å². The number of piperazine rings is 1. The smallest absolute Gasteiger partial charge is 0.0544 e. The van der Waals surface area contributed by atoms with Gasteiger partial charge in [-0.1, -0.05) is 36.4 Å². The van der Waals surface area contributed by atoms with Crippen LogP contribution < -0.4 is 5.32 Å². The van der Waals surface area contributed by atoms with Crippen LogP contribution in [0.4, 0.5) is 0 Å². The third-order valence-corrected chi connectivity index (χ3v) is 3.63. The van der Waals surface area contributed by atoms with E-state index in [1.807, 2.05) is 12.3 Å². The van der Waals surface area contributed by atoms with Crippen molar-refractivity contribution in [1.29, 1.82) is 0 Å². The fourth-order valence-corrected chi connectivity index (χ4v) is 2.64. The van der Waals surface area contributed by atoms with Crippen molar-refractivity contribution < 1.29 is 0 Å². The fraction of sp³-hybridized carbons (Fsp3) is 0.312. The minimum absolute atomic E-state index is 0.442. The molecule has 1 saturated heterocycles. The summed E-state index contributed by atoms with van der Waals surface area (Å²) in [4.78, 5) is 6.95. The maximum absolute atomic E-state index is 4.44. The van der Waals surface area contributed by atoms with Gasteiger partial charge in [-0.3, -0.25) is 9.88 Å². The van der Waals surface area contributed by atoms with Gasteiger partial charge in [-0.25, -0.2) is 0 Å². The molecule has 1 aliphatic heterocycles. The molecule has 3 nitrogen and oxygen atoms in total. The zero-order chi connectivity index (χ0) is 12.9. The van der Waals surface area contributed by atoms with E-state index in [1.165, 1.54) is 5.56 Å². The van der Waals surface area contributed by atoms with Crippen LogP contribution in [-0.2, 0) is 6.54 Å². The number of pyridine rings is 1. The molecule has 2 heterocycles. The second kappa shape index (κ2) is 5.95. The van der Waals surface area contributed by atoms with E-state index in [2.05, 4.69) is 57.7 Å². The lowest BCUT2D eigenvalue weighted by Crippen LogP contribution is -2.45. The standard InChI is InChI=1S/C16H19N3/c1-2-6-14(7-3-1)16-12-17-10-11-19(16)13-15-8-4-5-9-18-15/h1-9,16-17H,10-13H2. The van der Waals surface area contributed by atoms with Crippen LogP contribution in [0, 0.1) is 0 Å². The summed E-state index contributed by atoms with van der Waals surface area (Å²) in [5, 5.41) is 3.49. The number of rotatable bonds is 3. The second-order valence-electron chi connectivity index (χ2n) is 4.92. The molecular formula is C16H19N3. The monoisotopic (exact) mass is 253 g/mol. The molecule has 3 rings (SSSR count). The fourth-order valence-electron chi connectivity index (χ4n) is 2.64. The minimum atomic E-state index is 0.442. The van der Waals surface area contributed by atoms with Crippen LogP contribution in [0.1, 0.15) is 17.3 Å². The Morgan fingerprint density at radius 1 is 1.11 bits per heavy atom. The van der Waals surface area contributed by atoms with Crippen LogP contribution in [-0.4, -0.2) is 29.5 Å². The molecule has 2 aromatic rings. The largest absolute Gasteiger partial charge is 0.314 e. The van der Waals surface area contributed by atoms with Crippen molar-refractivity contribution in [1.82, 2.24) is 15.2 Å². The number of nitrogens with one attached hydrogen (secondary N) is 1. The van der Waals surface area contributed by atoms with Crippen molar-refractivity contribution in [3.63, 3.8) is 0 Å². The van der Waals surface area contributed by atoms with Crippen molar-refractivity contribution in [3.05, 3.63) is 66.0 Å². The van der Waals surface area contributed by atoms with Crippen LogP contribution in [0.2, 0.25) is 0 Å². The number of nitrogens with zero attached hydrogens (tertiary/aromatic N) is 2. The maximum atomic E-state index is 4.44. The minimum Gasteiger partial charge on any atom is -0.314 e. The number of hydrogen-bond donors (Lipinski definition) is 1. The molecular weight excluding hydrogens is 234 g/mol. The van der Waals surface area contributed by atoms with Gasteiger partial charge in [0.25, 0.3) is 0 Å². The molecule has 98 valence electrons. The predicted molar refractivity (Wildman–Crippen MR) is 76.7 cm³/mol. The van der Waals surface area contributed by atoms with Crippen LogP contribution in [0.15, 0.2) is 54.7 Å². The van der Waals surface area contributed by atoms with Crippen LogP contribution in [0.3, 0.4) is 0 Å². The Labute approximate surface area is 114 Å². The Bertz CT molecular complexity index is 498. The van der Waals surface area contributed by atoms with Gasteiger partial charge < -0.3 is 5.32 Å². The Hall–Kier alpha value is -1.71. The molecule has 0 aliphatic carbocycles. The van der Waals surface area contributed by atoms with Crippen LogP contribution in [0.5, 0.6) is 0 Å². The highest BCUT2D eigenvalue weighted by Gasteiger charge is 2.23. The molecule has 0 saturated carbocycles. The molecule has 0 spiro atoms. The summed E-state index contributed by atoms with van der Waals surface area (Å²) in [6.07, 6.45) is 1.87. The van der Waals surface area contributed by atoms with E-state index in [-0.39, 0.29) is 0 Å². The van der Waals surface area contributed by atoms with Crippen molar-refractivity contribution in [2.45, 2.75) is 12.6 Å². The van der Waals surface area contributed by atoms with Crippen LogP contribution >= 0.6 is 0 Å². The van der Waals surface area contributed by atoms with Crippen molar-refractivity contribution in [2.24, 2.45) is 0 Å². The Kier molecular flexibility index (Phi) is 3.86. The lowest BCUT2D eigenvalue weighted by molar-refractivity contribution is 0.152. The normalized spacial score (nSPS) is 20.3. The highest BCUT2D eigenvalue weighted by molar-refractivity contribution is 5.20. The molecule has 1 aromatic carbocycles. The summed E-state index contributed by atoms with van der Waals surface area (Å²) in [6, 6.07) is 17.3. The number of benzene rings is 1. The lowest BCUT2D eigenvalue weighted by atomic mass is 10.0. The molecule has 1 aliphatic rings. The quantitative estimate of drug-likeness (QED) is 0.909. The van der Waals surface area contributed by atoms with Gasteiger partial charge in [0, 0.05) is 38.4 Å². The molecule has 3 heteroatoms. The zero-order valence-corrected chi connectivity index (χ0v) is 11.0. The van der Waals surface area contributed by atoms with Crippen molar-refractivity contribution in [2.75, 3.05) is 19.6 Å². The van der Waals surface area contributed by atoms with Crippen molar-refractivity contribution in [3.8, 4) is 0 Å². The Morgan fingerprint density at radius 3 is 2.74 bits per heavy atom. The highest BCUT2D eigenvalue weighted by Crippen LogP contribution is 2.23. The van der Waals surface area contributed by atoms with Gasteiger partial charge in [-0.05, 0) is 17.7 Å². The molecule has 1 aromatic heterocycles. The number of hydrogen-bond acceptors (Lipinski definition) is 3. The Balaban J connectivity index is 1.78. The van der Waals surface area contributed by atoms with Gasteiger partial charge in [0.2, 0.25) is 0 Å². The Morgan fingerprint density at radius 2 is 1.95 bits per heavy atom. The summed E-state index contributed by atoms with van der Waals surface area (Å²) in [7, 11) is 0. The third kappa shape index (κ3) is 3.00. The molecule has 0 bridgehead atoms. The molecule has 1 unspecified atom stereocenters. The number of aromatic nitrogens is 1. The van der Waals surface area contributed by atoms with Gasteiger partial charge in [-0.2, -0.15) is 0 Å². The highest BCUT2D eigenvalue weighted by atomic mass is 15.2. The molecule has 0 radical (unpaired) electrons. The molecule has 1 fully saturated rings. The zero-order valence-electron chi connectivity index (χ0n) is 11.0. The third-order valence-electron chi connectivity index (χ3n) is 3.63. The topological polar surface area (TPSA) is 28.2 Å². The summed E-state index contributed by atoms with van der Waals surface area (Å²) in [5.41, 5.74) is 2.52. The SMILES string of the molecule is c1ccc(C2CNCCN2Cc2ccccn2)cc1. The summed E-state index contributed by atoms with van der Waals surface area (Å²) >= 11 is 0. The van der Waals surface area contributed by atoms with Gasteiger partial charge in [0.05, 0.1) is 5.69 Å². The first-order chi connectivity index (χ1) is 9.43. The summed E-state index contributed by atoms with van der Waals surface area (Å²) in [5.74, 6) is 0. The molecule has 19 heavy (non-hydrogen) atoms. The van der Waals surface area contributed by atoms with E-state index >= 15 is 0 Å². The van der Waals surface area contributed by atoms with E-state index in [4.69, 9.17) is 0 Å². The van der Waals surface area contributed by atoms with Gasteiger partial charge in [0.1, 0.15) is 0 Å². The molecule has 1 atom stereocenters. The van der Waals surface area contributed by atoms with E-state index < -0.39 is 0 Å². The second-order valence-corrected chi connectivity index (χ2v) is 4.92. The first kappa shape index (κ1) is 12.3. The van der Waals surface area contributed by atoms with Crippen molar-refractivity contribution >= 4 is 0 Å². The summed E-state index contributed by atoms with van der Waals surface area (Å²) < 4.78 is 0. The van der Waals surface area contributed by atoms with E-state index in [0.717, 1.165) is 31.9 Å². The van der Waals surface area contributed by atoms with E-state index in [0.29, 0.717) is 6.04 Å². The first-order valence-corrected chi connectivity index (χ1v) is 6.83. The predicted octanol–water partition coefficient (Wildman–Crippen LogP) is 2.23. The molecule has 1 N–H and O–H groups in total. The summed E-state index contributed by atoms with van der Waals surface area (Å²) in [6.45, 7) is 4.05. The van der Waals surface area contributed by atoms with Gasteiger partial charge >= 0.3 is 0 Å².